The number of pyridine rings is 1. The number of fused-ring (bicyclic) bond motifs is 1. The van der Waals surface area contributed by atoms with Crippen molar-refractivity contribution in [1.29, 1.82) is 0 Å². The first kappa shape index (κ1) is 13.2. The molecular formula is C17H13FN2O. The summed E-state index contributed by atoms with van der Waals surface area (Å²) >= 11 is 0. The van der Waals surface area contributed by atoms with Crippen molar-refractivity contribution in [2.24, 2.45) is 0 Å². The second-order valence-electron chi connectivity index (χ2n) is 4.76. The van der Waals surface area contributed by atoms with Crippen molar-refractivity contribution < 1.29 is 9.18 Å². The monoisotopic (exact) mass is 280 g/mol. The molecule has 0 atom stereocenters. The van der Waals surface area contributed by atoms with E-state index < -0.39 is 5.82 Å². The minimum atomic E-state index is -0.438. The Kier molecular flexibility index (Phi) is 3.36. The molecule has 1 heterocycles. The molecule has 4 heteroatoms. The fourth-order valence-corrected chi connectivity index (χ4v) is 2.27. The van der Waals surface area contributed by atoms with Crippen LogP contribution in [0.3, 0.4) is 0 Å². The average molecular weight is 280 g/mol. The summed E-state index contributed by atoms with van der Waals surface area (Å²) < 4.78 is 13.9. The molecule has 0 bridgehead atoms. The van der Waals surface area contributed by atoms with E-state index in [-0.39, 0.29) is 5.69 Å². The molecule has 21 heavy (non-hydrogen) atoms. The highest BCUT2D eigenvalue weighted by Crippen LogP contribution is 2.28. The maximum atomic E-state index is 13.9. The molecule has 0 saturated carbocycles. The van der Waals surface area contributed by atoms with Crippen molar-refractivity contribution in [2.45, 2.75) is 6.92 Å². The lowest BCUT2D eigenvalue weighted by molar-refractivity contribution is -0.106. The van der Waals surface area contributed by atoms with E-state index in [0.717, 1.165) is 16.6 Å². The number of anilines is 2. The van der Waals surface area contributed by atoms with Crippen LogP contribution in [0.4, 0.5) is 15.8 Å². The molecule has 2 aromatic carbocycles. The van der Waals surface area contributed by atoms with Crippen molar-refractivity contribution in [1.82, 2.24) is 4.98 Å². The van der Waals surface area contributed by atoms with E-state index in [4.69, 9.17) is 0 Å². The molecule has 0 aliphatic carbocycles. The summed E-state index contributed by atoms with van der Waals surface area (Å²) in [6.07, 6.45) is 0.612. The van der Waals surface area contributed by atoms with Gasteiger partial charge in [0.25, 0.3) is 0 Å². The minimum Gasteiger partial charge on any atom is -0.281 e. The Hall–Kier alpha value is -2.75. The number of hydrogen-bond donors (Lipinski definition) is 0. The molecule has 1 aromatic heterocycles. The molecule has 0 unspecified atom stereocenters. The number of halogens is 1. The van der Waals surface area contributed by atoms with Crippen molar-refractivity contribution in [3.63, 3.8) is 0 Å². The van der Waals surface area contributed by atoms with E-state index in [1.54, 1.807) is 24.3 Å². The first-order valence-electron chi connectivity index (χ1n) is 6.55. The summed E-state index contributed by atoms with van der Waals surface area (Å²) in [4.78, 5) is 17.1. The molecular weight excluding hydrogens is 267 g/mol. The summed E-state index contributed by atoms with van der Waals surface area (Å²) in [7, 11) is 0. The van der Waals surface area contributed by atoms with Crippen LogP contribution in [0.1, 0.15) is 5.69 Å². The zero-order valence-corrected chi connectivity index (χ0v) is 11.5. The quantitative estimate of drug-likeness (QED) is 0.680. The van der Waals surface area contributed by atoms with Gasteiger partial charge in [-0.15, -0.1) is 0 Å². The Morgan fingerprint density at radius 3 is 2.67 bits per heavy atom. The Morgan fingerprint density at radius 2 is 1.90 bits per heavy atom. The summed E-state index contributed by atoms with van der Waals surface area (Å²) in [5.41, 5.74) is 2.61. The van der Waals surface area contributed by atoms with Gasteiger partial charge in [-0.05, 0) is 43.3 Å². The van der Waals surface area contributed by atoms with Gasteiger partial charge in [-0.3, -0.25) is 14.7 Å². The summed E-state index contributed by atoms with van der Waals surface area (Å²) in [6.45, 7) is 1.92. The van der Waals surface area contributed by atoms with Gasteiger partial charge >= 0.3 is 0 Å². The fraction of sp³-hybridized carbons (Fsp3) is 0.0588. The molecule has 1 amide bonds. The minimum absolute atomic E-state index is 0.229. The highest BCUT2D eigenvalue weighted by molar-refractivity contribution is 5.91. The predicted octanol–water partition coefficient (Wildman–Crippen LogP) is 3.98. The molecule has 0 spiro atoms. The van der Waals surface area contributed by atoms with Gasteiger partial charge in [0.2, 0.25) is 6.41 Å². The highest BCUT2D eigenvalue weighted by atomic mass is 19.1. The third-order valence-corrected chi connectivity index (χ3v) is 3.31. The number of carbonyl (C=O) groups is 1. The van der Waals surface area contributed by atoms with Crippen molar-refractivity contribution in [3.8, 4) is 0 Å². The first-order valence-corrected chi connectivity index (χ1v) is 6.55. The third-order valence-electron chi connectivity index (χ3n) is 3.31. The van der Waals surface area contributed by atoms with Crippen molar-refractivity contribution in [2.75, 3.05) is 4.90 Å². The van der Waals surface area contributed by atoms with Crippen LogP contribution < -0.4 is 4.90 Å². The molecule has 104 valence electrons. The van der Waals surface area contributed by atoms with Crippen LogP contribution in [0, 0.1) is 12.7 Å². The van der Waals surface area contributed by atoms with Crippen LogP contribution in [0.25, 0.3) is 10.9 Å². The maximum absolute atomic E-state index is 13.9. The molecule has 0 aliphatic heterocycles. The zero-order chi connectivity index (χ0) is 14.8. The number of aryl methyl sites for hydroxylation is 1. The lowest BCUT2D eigenvalue weighted by Crippen LogP contribution is -2.15. The van der Waals surface area contributed by atoms with Crippen molar-refractivity contribution >= 4 is 28.7 Å². The van der Waals surface area contributed by atoms with Crippen molar-refractivity contribution in [3.05, 3.63) is 66.1 Å². The van der Waals surface area contributed by atoms with Gasteiger partial charge in [0, 0.05) is 16.8 Å². The Balaban J connectivity index is 2.11. The van der Waals surface area contributed by atoms with Gasteiger partial charge in [-0.2, -0.15) is 0 Å². The Bertz CT molecular complexity index is 817. The number of amides is 1. The van der Waals surface area contributed by atoms with Crippen LogP contribution >= 0.6 is 0 Å². The fourth-order valence-electron chi connectivity index (χ4n) is 2.27. The van der Waals surface area contributed by atoms with Gasteiger partial charge in [0.05, 0.1) is 11.2 Å². The van der Waals surface area contributed by atoms with Gasteiger partial charge in [-0.25, -0.2) is 4.39 Å². The number of nitrogens with zero attached hydrogens (tertiary/aromatic N) is 2. The topological polar surface area (TPSA) is 33.2 Å². The molecule has 3 aromatic rings. The molecule has 0 fully saturated rings. The highest BCUT2D eigenvalue weighted by Gasteiger charge is 2.13. The SMILES string of the molecule is Cc1ccc2cc(N(C=O)c3ccccc3F)ccc2n1. The largest absolute Gasteiger partial charge is 0.281 e. The van der Waals surface area contributed by atoms with Crippen LogP contribution in [-0.2, 0) is 4.79 Å². The van der Waals surface area contributed by atoms with E-state index in [1.807, 2.05) is 31.2 Å². The number of hydrogen-bond acceptors (Lipinski definition) is 2. The molecule has 3 nitrogen and oxygen atoms in total. The number of carbonyl (C=O) groups excluding carboxylic acids is 1. The normalized spacial score (nSPS) is 10.6. The summed E-state index contributed by atoms with van der Waals surface area (Å²) in [6, 6.07) is 15.4. The molecule has 0 aliphatic rings. The predicted molar refractivity (Wildman–Crippen MR) is 81.1 cm³/mol. The van der Waals surface area contributed by atoms with Crippen LogP contribution in [0.15, 0.2) is 54.6 Å². The zero-order valence-electron chi connectivity index (χ0n) is 11.5. The van der Waals surface area contributed by atoms with Gasteiger partial charge in [0.15, 0.2) is 0 Å². The standard InChI is InChI=1S/C17H13FN2O/c1-12-6-7-13-10-14(8-9-16(13)19-12)20(11-21)17-5-3-2-4-15(17)18/h2-11H,1H3. The second-order valence-corrected chi connectivity index (χ2v) is 4.76. The summed E-state index contributed by atoms with van der Waals surface area (Å²) in [5, 5.41) is 0.904. The number of aromatic nitrogens is 1. The molecule has 0 radical (unpaired) electrons. The number of rotatable bonds is 3. The van der Waals surface area contributed by atoms with Gasteiger partial charge in [-0.1, -0.05) is 18.2 Å². The lowest BCUT2D eigenvalue weighted by atomic mass is 10.1. The van der Waals surface area contributed by atoms with E-state index >= 15 is 0 Å². The third kappa shape index (κ3) is 2.48. The number of benzene rings is 2. The van der Waals surface area contributed by atoms with E-state index in [2.05, 4.69) is 4.98 Å². The second kappa shape index (κ2) is 5.32. The molecule has 0 N–H and O–H groups in total. The number of para-hydroxylation sites is 1. The van der Waals surface area contributed by atoms with E-state index in [1.165, 1.54) is 11.0 Å². The Morgan fingerprint density at radius 1 is 1.10 bits per heavy atom. The smallest absolute Gasteiger partial charge is 0.218 e. The molecule has 0 saturated heterocycles. The van der Waals surface area contributed by atoms with E-state index in [0.29, 0.717) is 12.1 Å². The molecule has 3 rings (SSSR count). The first-order chi connectivity index (χ1) is 10.2. The lowest BCUT2D eigenvalue weighted by Gasteiger charge is -2.18. The maximum Gasteiger partial charge on any atom is 0.218 e. The van der Waals surface area contributed by atoms with E-state index in [9.17, 15) is 9.18 Å². The van der Waals surface area contributed by atoms with Gasteiger partial charge < -0.3 is 0 Å². The average Bonchev–Trinajstić information content (AvgIpc) is 2.50. The van der Waals surface area contributed by atoms with Crippen LogP contribution in [0.5, 0.6) is 0 Å². The van der Waals surface area contributed by atoms with Crippen LogP contribution in [-0.4, -0.2) is 11.4 Å². The van der Waals surface area contributed by atoms with Crippen LogP contribution in [0.2, 0.25) is 0 Å². The van der Waals surface area contributed by atoms with Gasteiger partial charge in [0.1, 0.15) is 5.82 Å². The summed E-state index contributed by atoms with van der Waals surface area (Å²) in [5.74, 6) is -0.438. The Labute approximate surface area is 121 Å².